The molecule has 6 nitrogen and oxygen atoms in total. The van der Waals surface area contributed by atoms with E-state index < -0.39 is 7.12 Å². The predicted octanol–water partition coefficient (Wildman–Crippen LogP) is 1.82. The third-order valence-electron chi connectivity index (χ3n) is 4.86. The average Bonchev–Trinajstić information content (AvgIpc) is 3.01. The Morgan fingerprint density at radius 1 is 1.08 bits per heavy atom. The summed E-state index contributed by atoms with van der Waals surface area (Å²) in [5.74, 6) is 0.974. The number of hydrogen-bond acceptors (Lipinski definition) is 5. The highest BCUT2D eigenvalue weighted by Gasteiger charge is 2.20. The Hall–Kier alpha value is -2.38. The van der Waals surface area contributed by atoms with Crippen LogP contribution in [-0.4, -0.2) is 37.6 Å². The Labute approximate surface area is 146 Å². The van der Waals surface area contributed by atoms with E-state index in [-0.39, 0.29) is 0 Å². The lowest BCUT2D eigenvalue weighted by Crippen LogP contribution is -2.29. The van der Waals surface area contributed by atoms with Crippen molar-refractivity contribution in [3.63, 3.8) is 0 Å². The van der Waals surface area contributed by atoms with Crippen LogP contribution in [0, 0.1) is 0 Å². The van der Waals surface area contributed by atoms with E-state index in [1.807, 2.05) is 22.7 Å². The molecule has 0 amide bonds. The Morgan fingerprint density at radius 3 is 2.56 bits per heavy atom. The summed E-state index contributed by atoms with van der Waals surface area (Å²) in [4.78, 5) is 8.90. The van der Waals surface area contributed by atoms with Gasteiger partial charge in [0.15, 0.2) is 5.65 Å². The van der Waals surface area contributed by atoms with Crippen molar-refractivity contribution in [2.24, 2.45) is 0 Å². The number of aromatic nitrogens is 3. The van der Waals surface area contributed by atoms with Crippen LogP contribution >= 0.6 is 0 Å². The van der Waals surface area contributed by atoms with Crippen LogP contribution in [0.2, 0.25) is 0 Å². The number of rotatable bonds is 4. The Bertz CT molecular complexity index is 857. The molecule has 2 heterocycles. The van der Waals surface area contributed by atoms with Crippen LogP contribution in [0.3, 0.4) is 0 Å². The van der Waals surface area contributed by atoms with E-state index in [0.717, 1.165) is 22.7 Å². The summed E-state index contributed by atoms with van der Waals surface area (Å²) in [5.41, 5.74) is 3.06. The molecule has 0 spiro atoms. The van der Waals surface area contributed by atoms with Gasteiger partial charge in [-0.05, 0) is 18.3 Å². The zero-order valence-electron chi connectivity index (χ0n) is 14.0. The molecule has 4 rings (SSSR count). The lowest BCUT2D eigenvalue weighted by atomic mass is 9.80. The minimum absolute atomic E-state index is 0.458. The highest BCUT2D eigenvalue weighted by atomic mass is 16.4. The minimum Gasteiger partial charge on any atom is -0.423 e. The second-order valence-corrected chi connectivity index (χ2v) is 6.59. The number of hydrogen-bond donors (Lipinski definition) is 3. The lowest BCUT2D eigenvalue weighted by Gasteiger charge is -2.24. The fourth-order valence-corrected chi connectivity index (χ4v) is 3.50. The first-order chi connectivity index (χ1) is 12.2. The lowest BCUT2D eigenvalue weighted by molar-refractivity contribution is 0.426. The van der Waals surface area contributed by atoms with Crippen molar-refractivity contribution in [3.8, 4) is 11.3 Å². The van der Waals surface area contributed by atoms with E-state index in [1.54, 1.807) is 24.5 Å². The van der Waals surface area contributed by atoms with Gasteiger partial charge in [-0.25, -0.2) is 4.98 Å². The van der Waals surface area contributed by atoms with Crippen LogP contribution in [0.5, 0.6) is 0 Å². The largest absolute Gasteiger partial charge is 0.488 e. The minimum atomic E-state index is -1.46. The van der Waals surface area contributed by atoms with Crippen molar-refractivity contribution in [3.05, 3.63) is 42.9 Å². The van der Waals surface area contributed by atoms with Gasteiger partial charge in [0.25, 0.3) is 0 Å². The van der Waals surface area contributed by atoms with Gasteiger partial charge < -0.3 is 15.4 Å². The van der Waals surface area contributed by atoms with Gasteiger partial charge in [0.05, 0.1) is 6.20 Å². The molecule has 0 bridgehead atoms. The SMILES string of the molecule is OB(O)c1ccc(-c2nc3cnccn3c2NC2CCCCC2)cc1. The number of fused-ring (bicyclic) bond motifs is 1. The maximum atomic E-state index is 9.29. The van der Waals surface area contributed by atoms with Gasteiger partial charge >= 0.3 is 7.12 Å². The molecule has 3 N–H and O–H groups in total. The third kappa shape index (κ3) is 3.25. The first-order valence-electron chi connectivity index (χ1n) is 8.77. The van der Waals surface area contributed by atoms with Gasteiger partial charge in [-0.2, -0.15) is 0 Å². The standard InChI is InChI=1S/C18H21BN4O2/c24-19(25)14-8-6-13(7-9-14)17-18(21-15-4-2-1-3-5-15)23-11-10-20-12-16(23)22-17/h6-12,15,21,24-25H,1-5H2. The van der Waals surface area contributed by atoms with Gasteiger partial charge in [0, 0.05) is 24.0 Å². The molecule has 7 heteroatoms. The monoisotopic (exact) mass is 336 g/mol. The summed E-state index contributed by atoms with van der Waals surface area (Å²) in [6.45, 7) is 0. The van der Waals surface area contributed by atoms with Crippen LogP contribution < -0.4 is 10.8 Å². The van der Waals surface area contributed by atoms with E-state index in [1.165, 1.54) is 32.1 Å². The second-order valence-electron chi connectivity index (χ2n) is 6.59. The molecule has 1 aromatic carbocycles. The van der Waals surface area contributed by atoms with Crippen LogP contribution in [0.25, 0.3) is 16.9 Å². The maximum Gasteiger partial charge on any atom is 0.488 e. The van der Waals surface area contributed by atoms with Gasteiger partial charge in [0.2, 0.25) is 0 Å². The van der Waals surface area contributed by atoms with E-state index in [4.69, 9.17) is 4.98 Å². The van der Waals surface area contributed by atoms with Crippen molar-refractivity contribution in [1.29, 1.82) is 0 Å². The zero-order valence-corrected chi connectivity index (χ0v) is 14.0. The van der Waals surface area contributed by atoms with E-state index in [9.17, 15) is 10.0 Å². The number of imidazole rings is 1. The summed E-state index contributed by atoms with van der Waals surface area (Å²) >= 11 is 0. The smallest absolute Gasteiger partial charge is 0.423 e. The summed E-state index contributed by atoms with van der Waals surface area (Å²) in [6.07, 6.45) is 11.6. The summed E-state index contributed by atoms with van der Waals surface area (Å²) < 4.78 is 2.03. The fraction of sp³-hybridized carbons (Fsp3) is 0.333. The highest BCUT2D eigenvalue weighted by molar-refractivity contribution is 6.58. The van der Waals surface area contributed by atoms with E-state index >= 15 is 0 Å². The molecule has 0 saturated heterocycles. The molecule has 25 heavy (non-hydrogen) atoms. The highest BCUT2D eigenvalue weighted by Crippen LogP contribution is 2.30. The molecule has 1 fully saturated rings. The van der Waals surface area contributed by atoms with Crippen LogP contribution in [0.1, 0.15) is 32.1 Å². The van der Waals surface area contributed by atoms with Crippen LogP contribution in [-0.2, 0) is 0 Å². The number of anilines is 1. The van der Waals surface area contributed by atoms with Crippen molar-refractivity contribution in [1.82, 2.24) is 14.4 Å². The maximum absolute atomic E-state index is 9.29. The molecule has 2 aromatic heterocycles. The molecule has 1 saturated carbocycles. The zero-order chi connectivity index (χ0) is 17.2. The van der Waals surface area contributed by atoms with Gasteiger partial charge in [0.1, 0.15) is 11.5 Å². The summed E-state index contributed by atoms with van der Waals surface area (Å²) in [5, 5.41) is 22.3. The van der Waals surface area contributed by atoms with Gasteiger partial charge in [-0.15, -0.1) is 0 Å². The van der Waals surface area contributed by atoms with Crippen molar-refractivity contribution in [2.45, 2.75) is 38.1 Å². The summed E-state index contributed by atoms with van der Waals surface area (Å²) in [6, 6.07) is 7.63. The normalized spacial score (nSPS) is 15.4. The molecule has 0 radical (unpaired) electrons. The quantitative estimate of drug-likeness (QED) is 0.633. The molecule has 1 aliphatic carbocycles. The van der Waals surface area contributed by atoms with Crippen molar-refractivity contribution in [2.75, 3.05) is 5.32 Å². The van der Waals surface area contributed by atoms with E-state index in [2.05, 4.69) is 10.3 Å². The third-order valence-corrected chi connectivity index (χ3v) is 4.86. The Kier molecular flexibility index (Phi) is 4.42. The molecular weight excluding hydrogens is 315 g/mol. The topological polar surface area (TPSA) is 82.7 Å². The second kappa shape index (κ2) is 6.86. The first-order valence-corrected chi connectivity index (χ1v) is 8.77. The van der Waals surface area contributed by atoms with Gasteiger partial charge in [-0.1, -0.05) is 43.5 Å². The number of nitrogens with zero attached hydrogens (tertiary/aromatic N) is 3. The average molecular weight is 336 g/mol. The molecule has 128 valence electrons. The van der Waals surface area contributed by atoms with Crippen molar-refractivity contribution >= 4 is 24.0 Å². The molecule has 0 aliphatic heterocycles. The fourth-order valence-electron chi connectivity index (χ4n) is 3.50. The Morgan fingerprint density at radius 2 is 1.84 bits per heavy atom. The number of nitrogens with one attached hydrogen (secondary N) is 1. The molecule has 0 unspecified atom stereocenters. The van der Waals surface area contributed by atoms with Gasteiger partial charge in [-0.3, -0.25) is 9.38 Å². The van der Waals surface area contributed by atoms with Crippen LogP contribution in [0.15, 0.2) is 42.9 Å². The molecule has 1 aliphatic rings. The number of benzene rings is 1. The Balaban J connectivity index is 1.75. The molecular formula is C18H21BN4O2. The van der Waals surface area contributed by atoms with Crippen LogP contribution in [0.4, 0.5) is 5.82 Å². The van der Waals surface area contributed by atoms with E-state index in [0.29, 0.717) is 11.5 Å². The predicted molar refractivity (Wildman–Crippen MR) is 98.7 cm³/mol. The molecule has 3 aromatic rings. The molecule has 0 atom stereocenters. The first kappa shape index (κ1) is 16.1. The summed E-state index contributed by atoms with van der Waals surface area (Å²) in [7, 11) is -1.46. The van der Waals surface area contributed by atoms with Crippen molar-refractivity contribution < 1.29 is 10.0 Å².